The lowest BCUT2D eigenvalue weighted by molar-refractivity contribution is 0.302. The van der Waals surface area contributed by atoms with Crippen LogP contribution in [0.4, 0.5) is 0 Å². The fourth-order valence-electron chi connectivity index (χ4n) is 5.35. The molecule has 1 fully saturated rings. The third kappa shape index (κ3) is 8.71. The number of hydrogen-bond donors (Lipinski definition) is 0. The molecule has 3 heteroatoms. The number of unbranched alkanes of at least 4 members (excludes halogenated alkanes) is 5. The second-order valence-electron chi connectivity index (χ2n) is 10.1. The van der Waals surface area contributed by atoms with Gasteiger partial charge in [-0.25, -0.2) is 0 Å². The van der Waals surface area contributed by atoms with Crippen molar-refractivity contribution in [2.24, 2.45) is 0 Å². The summed E-state index contributed by atoms with van der Waals surface area (Å²) in [7, 11) is 0. The van der Waals surface area contributed by atoms with E-state index in [1.807, 2.05) is 0 Å². The van der Waals surface area contributed by atoms with Gasteiger partial charge in [-0.3, -0.25) is 0 Å². The molecule has 196 valence electrons. The van der Waals surface area contributed by atoms with Crippen molar-refractivity contribution < 1.29 is 4.74 Å². The van der Waals surface area contributed by atoms with Crippen LogP contribution in [-0.4, -0.2) is 31.1 Å². The number of likely N-dealkylation sites (tertiary alicyclic amines) is 1. The molecule has 0 N–H and O–H groups in total. The lowest BCUT2D eigenvalue weighted by atomic mass is 9.88. The number of ether oxygens (including phenoxy) is 1. The van der Waals surface area contributed by atoms with E-state index in [9.17, 15) is 0 Å². The van der Waals surface area contributed by atoms with E-state index in [0.717, 1.165) is 25.2 Å². The van der Waals surface area contributed by atoms with Crippen LogP contribution < -0.4 is 4.74 Å². The first-order chi connectivity index (χ1) is 18.2. The van der Waals surface area contributed by atoms with Gasteiger partial charge < -0.3 is 9.64 Å². The summed E-state index contributed by atoms with van der Waals surface area (Å²) in [6.45, 7) is 7.02. The Morgan fingerprint density at radius 3 is 1.95 bits per heavy atom. The highest BCUT2D eigenvalue weighted by molar-refractivity contribution is 14.1. The number of benzene rings is 3. The molecule has 0 aromatic heterocycles. The summed E-state index contributed by atoms with van der Waals surface area (Å²) in [5.41, 5.74) is 6.46. The summed E-state index contributed by atoms with van der Waals surface area (Å²) in [6, 6.07) is 28.4. The average molecular weight is 608 g/mol. The molecule has 0 spiro atoms. The van der Waals surface area contributed by atoms with Gasteiger partial charge in [-0.1, -0.05) is 87.2 Å². The molecular weight excluding hydrogens is 565 g/mol. The van der Waals surface area contributed by atoms with Gasteiger partial charge in [0.25, 0.3) is 0 Å². The van der Waals surface area contributed by atoms with Gasteiger partial charge in [0, 0.05) is 3.57 Å². The van der Waals surface area contributed by atoms with Gasteiger partial charge >= 0.3 is 0 Å². The zero-order valence-electron chi connectivity index (χ0n) is 22.4. The fraction of sp³-hybridized carbons (Fsp3) is 0.412. The van der Waals surface area contributed by atoms with Gasteiger partial charge in [0.05, 0.1) is 6.61 Å². The lowest BCUT2D eigenvalue weighted by Crippen LogP contribution is -2.20. The zero-order chi connectivity index (χ0) is 25.7. The maximum atomic E-state index is 6.11. The largest absolute Gasteiger partial charge is 0.494 e. The molecule has 1 aliphatic heterocycles. The van der Waals surface area contributed by atoms with E-state index in [4.69, 9.17) is 4.74 Å². The van der Waals surface area contributed by atoms with Crippen molar-refractivity contribution in [1.29, 1.82) is 0 Å². The van der Waals surface area contributed by atoms with E-state index in [0.29, 0.717) is 0 Å². The molecule has 0 saturated carbocycles. The normalized spacial score (nSPS) is 14.5. The van der Waals surface area contributed by atoms with Crippen LogP contribution in [0.3, 0.4) is 0 Å². The minimum Gasteiger partial charge on any atom is -0.494 e. The summed E-state index contributed by atoms with van der Waals surface area (Å²) in [6.07, 6.45) is 11.6. The maximum absolute atomic E-state index is 6.11. The quantitative estimate of drug-likeness (QED) is 0.103. The monoisotopic (exact) mass is 607 g/mol. The van der Waals surface area contributed by atoms with Crippen LogP contribution in [0.5, 0.6) is 5.75 Å². The maximum Gasteiger partial charge on any atom is 0.119 e. The Morgan fingerprint density at radius 1 is 0.703 bits per heavy atom. The van der Waals surface area contributed by atoms with Gasteiger partial charge in [-0.2, -0.15) is 0 Å². The van der Waals surface area contributed by atoms with Crippen molar-refractivity contribution in [3.8, 4) is 5.75 Å². The molecule has 1 heterocycles. The van der Waals surface area contributed by atoms with Gasteiger partial charge in [0.1, 0.15) is 5.75 Å². The van der Waals surface area contributed by atoms with Gasteiger partial charge in [-0.15, -0.1) is 0 Å². The molecule has 0 amide bonds. The predicted octanol–water partition coefficient (Wildman–Crippen LogP) is 9.48. The molecule has 4 rings (SSSR count). The van der Waals surface area contributed by atoms with Crippen molar-refractivity contribution in [1.82, 2.24) is 4.90 Å². The SMILES string of the molecule is CC/C(=C(\c1ccc(I)cc1)c1ccc(OCCCCCCCCN2CCCC2)cc1)c1ccccc1. The Bertz CT molecular complexity index is 1080. The second-order valence-corrected chi connectivity index (χ2v) is 11.4. The van der Waals surface area contributed by atoms with Crippen LogP contribution >= 0.6 is 22.6 Å². The average Bonchev–Trinajstić information content (AvgIpc) is 3.46. The van der Waals surface area contributed by atoms with Crippen LogP contribution in [0.1, 0.15) is 81.4 Å². The van der Waals surface area contributed by atoms with E-state index in [1.165, 1.54) is 96.0 Å². The van der Waals surface area contributed by atoms with Crippen molar-refractivity contribution in [2.45, 2.75) is 64.7 Å². The molecule has 1 aliphatic rings. The molecule has 0 atom stereocenters. The van der Waals surface area contributed by atoms with Crippen LogP contribution in [0, 0.1) is 3.57 Å². The number of nitrogens with zero attached hydrogens (tertiary/aromatic N) is 1. The molecule has 37 heavy (non-hydrogen) atoms. The first-order valence-electron chi connectivity index (χ1n) is 14.2. The molecule has 1 saturated heterocycles. The van der Waals surface area contributed by atoms with E-state index >= 15 is 0 Å². The third-order valence-electron chi connectivity index (χ3n) is 7.39. The molecule has 0 radical (unpaired) electrons. The highest BCUT2D eigenvalue weighted by Gasteiger charge is 2.13. The number of halogens is 1. The third-order valence-corrected chi connectivity index (χ3v) is 8.11. The molecule has 0 aliphatic carbocycles. The van der Waals surface area contributed by atoms with Crippen LogP contribution in [0.15, 0.2) is 78.9 Å². The van der Waals surface area contributed by atoms with Crippen molar-refractivity contribution in [2.75, 3.05) is 26.2 Å². The Kier molecular flexibility index (Phi) is 11.6. The summed E-state index contributed by atoms with van der Waals surface area (Å²) in [4.78, 5) is 2.63. The number of rotatable bonds is 14. The van der Waals surface area contributed by atoms with Crippen LogP contribution in [0.2, 0.25) is 0 Å². The van der Waals surface area contributed by atoms with Gasteiger partial charge in [-0.05, 0) is 126 Å². The summed E-state index contributed by atoms with van der Waals surface area (Å²) < 4.78 is 7.36. The zero-order valence-corrected chi connectivity index (χ0v) is 24.6. The second kappa shape index (κ2) is 15.3. The van der Waals surface area contributed by atoms with E-state index in [2.05, 4.69) is 113 Å². The number of allylic oxidation sites excluding steroid dienone is 1. The summed E-state index contributed by atoms with van der Waals surface area (Å²) >= 11 is 2.38. The van der Waals surface area contributed by atoms with E-state index < -0.39 is 0 Å². The highest BCUT2D eigenvalue weighted by Crippen LogP contribution is 2.35. The summed E-state index contributed by atoms with van der Waals surface area (Å²) in [5, 5.41) is 0. The molecular formula is C34H42INO. The lowest BCUT2D eigenvalue weighted by Gasteiger charge is -2.17. The standard InChI is InChI=1S/C34H42INO/c1-2-33(28-14-8-7-9-15-28)34(29-16-20-31(35)21-17-29)30-18-22-32(23-19-30)37-27-13-6-4-3-5-10-24-36-25-11-12-26-36/h7-9,14-23H,2-6,10-13,24-27H2,1H3/b34-33-. The number of hydrogen-bond acceptors (Lipinski definition) is 2. The Labute approximate surface area is 238 Å². The van der Waals surface area contributed by atoms with Crippen molar-refractivity contribution in [3.05, 3.63) is 99.1 Å². The van der Waals surface area contributed by atoms with E-state index in [-0.39, 0.29) is 0 Å². The first kappa shape index (κ1) is 27.9. The van der Waals surface area contributed by atoms with Crippen LogP contribution in [-0.2, 0) is 0 Å². The molecule has 0 bridgehead atoms. The Hall–Kier alpha value is -2.11. The molecule has 3 aromatic carbocycles. The topological polar surface area (TPSA) is 12.5 Å². The predicted molar refractivity (Wildman–Crippen MR) is 167 cm³/mol. The molecule has 0 unspecified atom stereocenters. The highest BCUT2D eigenvalue weighted by atomic mass is 127. The summed E-state index contributed by atoms with van der Waals surface area (Å²) in [5.74, 6) is 0.967. The van der Waals surface area contributed by atoms with Crippen molar-refractivity contribution >= 4 is 33.7 Å². The molecule has 2 nitrogen and oxygen atoms in total. The molecule has 3 aromatic rings. The smallest absolute Gasteiger partial charge is 0.119 e. The Balaban J connectivity index is 1.31. The minimum absolute atomic E-state index is 0.803. The Morgan fingerprint density at radius 2 is 1.30 bits per heavy atom. The fourth-order valence-corrected chi connectivity index (χ4v) is 5.71. The van der Waals surface area contributed by atoms with Gasteiger partial charge in [0.2, 0.25) is 0 Å². The van der Waals surface area contributed by atoms with E-state index in [1.54, 1.807) is 0 Å². The van der Waals surface area contributed by atoms with Gasteiger partial charge in [0.15, 0.2) is 0 Å². The van der Waals surface area contributed by atoms with Crippen molar-refractivity contribution in [3.63, 3.8) is 0 Å². The van der Waals surface area contributed by atoms with Crippen LogP contribution in [0.25, 0.3) is 11.1 Å². The minimum atomic E-state index is 0.803. The first-order valence-corrected chi connectivity index (χ1v) is 15.3.